The predicted molar refractivity (Wildman–Crippen MR) is 86.3 cm³/mol. The van der Waals surface area contributed by atoms with E-state index in [1.54, 1.807) is 0 Å². The third-order valence-corrected chi connectivity index (χ3v) is 5.97. The van der Waals surface area contributed by atoms with Crippen molar-refractivity contribution in [3.05, 3.63) is 0 Å². The Bertz CT molecular complexity index is 299. The Balaban J connectivity index is 1.66. The standard InChI is InChI=1S/C15H29N3OS/c1-3-13(2)17-8-10-18(11-9-17)15(19)12-20-14-4-6-16-7-5-14/h13-14,16H,3-12H2,1-2H3. The number of carbonyl (C=O) groups excluding carboxylic acids is 1. The van der Waals surface area contributed by atoms with Gasteiger partial charge in [0.1, 0.15) is 0 Å². The molecule has 0 aromatic carbocycles. The summed E-state index contributed by atoms with van der Waals surface area (Å²) in [7, 11) is 0. The highest BCUT2D eigenvalue weighted by atomic mass is 32.2. The Hall–Kier alpha value is -0.260. The second kappa shape index (κ2) is 8.25. The van der Waals surface area contributed by atoms with Crippen LogP contribution in [0.4, 0.5) is 0 Å². The minimum atomic E-state index is 0.345. The lowest BCUT2D eigenvalue weighted by Gasteiger charge is -2.38. The molecule has 4 nitrogen and oxygen atoms in total. The Morgan fingerprint density at radius 3 is 2.50 bits per heavy atom. The fourth-order valence-corrected chi connectivity index (χ4v) is 4.04. The third-order valence-electron chi connectivity index (χ3n) is 4.61. The van der Waals surface area contributed by atoms with Crippen LogP contribution in [0, 0.1) is 0 Å². The largest absolute Gasteiger partial charge is 0.339 e. The van der Waals surface area contributed by atoms with Crippen molar-refractivity contribution in [2.45, 2.75) is 44.4 Å². The molecule has 2 saturated heterocycles. The van der Waals surface area contributed by atoms with Gasteiger partial charge in [0, 0.05) is 37.5 Å². The molecule has 0 aliphatic carbocycles. The van der Waals surface area contributed by atoms with Gasteiger partial charge in [0.2, 0.25) is 5.91 Å². The highest BCUT2D eigenvalue weighted by Gasteiger charge is 2.24. The highest BCUT2D eigenvalue weighted by molar-refractivity contribution is 8.00. The number of carbonyl (C=O) groups is 1. The van der Waals surface area contributed by atoms with Crippen molar-refractivity contribution in [2.24, 2.45) is 0 Å². The van der Waals surface area contributed by atoms with E-state index in [1.807, 2.05) is 11.8 Å². The van der Waals surface area contributed by atoms with E-state index in [4.69, 9.17) is 0 Å². The molecule has 2 aliphatic heterocycles. The molecule has 116 valence electrons. The smallest absolute Gasteiger partial charge is 0.232 e. The van der Waals surface area contributed by atoms with E-state index >= 15 is 0 Å². The van der Waals surface area contributed by atoms with Gasteiger partial charge >= 0.3 is 0 Å². The molecule has 2 fully saturated rings. The van der Waals surface area contributed by atoms with Gasteiger partial charge in [0.25, 0.3) is 0 Å². The quantitative estimate of drug-likeness (QED) is 0.833. The van der Waals surface area contributed by atoms with Gasteiger partial charge in [-0.05, 0) is 39.3 Å². The van der Waals surface area contributed by atoms with E-state index in [9.17, 15) is 4.79 Å². The first-order chi connectivity index (χ1) is 9.70. The van der Waals surface area contributed by atoms with Crippen molar-refractivity contribution < 1.29 is 4.79 Å². The molecule has 2 aliphatic rings. The van der Waals surface area contributed by atoms with Gasteiger partial charge in [0.15, 0.2) is 0 Å². The maximum absolute atomic E-state index is 12.3. The van der Waals surface area contributed by atoms with Gasteiger partial charge in [-0.25, -0.2) is 0 Å². The Labute approximate surface area is 127 Å². The molecule has 0 spiro atoms. The van der Waals surface area contributed by atoms with Gasteiger partial charge in [-0.15, -0.1) is 11.8 Å². The summed E-state index contributed by atoms with van der Waals surface area (Å²) in [6, 6.07) is 0.649. The number of nitrogens with zero attached hydrogens (tertiary/aromatic N) is 2. The van der Waals surface area contributed by atoms with Crippen molar-refractivity contribution in [1.82, 2.24) is 15.1 Å². The van der Waals surface area contributed by atoms with Gasteiger partial charge in [-0.2, -0.15) is 0 Å². The first-order valence-corrected chi connectivity index (χ1v) is 9.09. The van der Waals surface area contributed by atoms with Gasteiger partial charge in [-0.1, -0.05) is 6.92 Å². The van der Waals surface area contributed by atoms with Gasteiger partial charge in [-0.3, -0.25) is 9.69 Å². The number of nitrogens with one attached hydrogen (secondary N) is 1. The molecule has 0 radical (unpaired) electrons. The van der Waals surface area contributed by atoms with E-state index in [0.717, 1.165) is 39.3 Å². The molecule has 0 aromatic heterocycles. The summed E-state index contributed by atoms with van der Waals surface area (Å²) in [5, 5.41) is 4.05. The van der Waals surface area contributed by atoms with E-state index < -0.39 is 0 Å². The van der Waals surface area contributed by atoms with Crippen LogP contribution in [-0.2, 0) is 4.79 Å². The SMILES string of the molecule is CCC(C)N1CCN(C(=O)CSC2CCNCC2)CC1. The summed E-state index contributed by atoms with van der Waals surface area (Å²) in [6.45, 7) is 10.6. The summed E-state index contributed by atoms with van der Waals surface area (Å²) in [4.78, 5) is 16.8. The van der Waals surface area contributed by atoms with Crippen molar-refractivity contribution in [2.75, 3.05) is 45.0 Å². The Kier molecular flexibility index (Phi) is 6.65. The minimum absolute atomic E-state index is 0.345. The zero-order valence-corrected chi connectivity index (χ0v) is 13.8. The maximum Gasteiger partial charge on any atom is 0.232 e. The first-order valence-electron chi connectivity index (χ1n) is 8.05. The molecule has 0 bridgehead atoms. The molecule has 20 heavy (non-hydrogen) atoms. The summed E-state index contributed by atoms with van der Waals surface area (Å²) in [5.74, 6) is 1.02. The summed E-state index contributed by atoms with van der Waals surface area (Å²) in [5.41, 5.74) is 0. The number of thioether (sulfide) groups is 1. The maximum atomic E-state index is 12.3. The first kappa shape index (κ1) is 16.1. The van der Waals surface area contributed by atoms with E-state index in [2.05, 4.69) is 29.0 Å². The van der Waals surface area contributed by atoms with Crippen LogP contribution < -0.4 is 5.32 Å². The average Bonchev–Trinajstić information content (AvgIpc) is 2.53. The highest BCUT2D eigenvalue weighted by Crippen LogP contribution is 2.20. The molecule has 0 saturated carbocycles. The zero-order valence-electron chi connectivity index (χ0n) is 12.9. The Morgan fingerprint density at radius 1 is 1.25 bits per heavy atom. The normalized spacial score (nSPS) is 23.8. The number of rotatable bonds is 5. The lowest BCUT2D eigenvalue weighted by Crippen LogP contribution is -2.51. The van der Waals surface area contributed by atoms with Crippen molar-refractivity contribution in [1.29, 1.82) is 0 Å². The molecule has 2 rings (SSSR count). The fourth-order valence-electron chi connectivity index (χ4n) is 2.91. The number of amides is 1. The minimum Gasteiger partial charge on any atom is -0.339 e. The molecule has 1 atom stereocenters. The van der Waals surface area contributed by atoms with Crippen molar-refractivity contribution in [3.63, 3.8) is 0 Å². The number of hydrogen-bond acceptors (Lipinski definition) is 4. The lowest BCUT2D eigenvalue weighted by atomic mass is 10.2. The lowest BCUT2D eigenvalue weighted by molar-refractivity contribution is -0.130. The molecular formula is C15H29N3OS. The van der Waals surface area contributed by atoms with Gasteiger partial charge in [0.05, 0.1) is 5.75 Å². The van der Waals surface area contributed by atoms with Crippen LogP contribution >= 0.6 is 11.8 Å². The predicted octanol–water partition coefficient (Wildman–Crippen LogP) is 1.41. The molecule has 5 heteroatoms. The van der Waals surface area contributed by atoms with Crippen LogP contribution in [-0.4, -0.2) is 72.0 Å². The van der Waals surface area contributed by atoms with Crippen molar-refractivity contribution in [3.8, 4) is 0 Å². The second-order valence-electron chi connectivity index (χ2n) is 5.93. The summed E-state index contributed by atoms with van der Waals surface area (Å²) < 4.78 is 0. The fraction of sp³-hybridized carbons (Fsp3) is 0.933. The van der Waals surface area contributed by atoms with Crippen LogP contribution in [0.1, 0.15) is 33.1 Å². The molecule has 1 N–H and O–H groups in total. The van der Waals surface area contributed by atoms with Crippen molar-refractivity contribution >= 4 is 17.7 Å². The van der Waals surface area contributed by atoms with E-state index in [-0.39, 0.29) is 0 Å². The average molecular weight is 299 g/mol. The second-order valence-corrected chi connectivity index (χ2v) is 7.22. The van der Waals surface area contributed by atoms with Crippen LogP contribution in [0.2, 0.25) is 0 Å². The van der Waals surface area contributed by atoms with E-state index in [0.29, 0.717) is 23.0 Å². The monoisotopic (exact) mass is 299 g/mol. The molecule has 2 heterocycles. The number of piperidine rings is 1. The number of piperazine rings is 1. The summed E-state index contributed by atoms with van der Waals surface area (Å²) >= 11 is 1.87. The third kappa shape index (κ3) is 4.64. The number of hydrogen-bond donors (Lipinski definition) is 1. The molecular weight excluding hydrogens is 270 g/mol. The zero-order chi connectivity index (χ0) is 14.4. The van der Waals surface area contributed by atoms with E-state index in [1.165, 1.54) is 19.3 Å². The molecule has 0 aromatic rings. The Morgan fingerprint density at radius 2 is 1.90 bits per heavy atom. The van der Waals surface area contributed by atoms with Crippen LogP contribution in [0.15, 0.2) is 0 Å². The van der Waals surface area contributed by atoms with Crippen LogP contribution in [0.5, 0.6) is 0 Å². The van der Waals surface area contributed by atoms with Gasteiger partial charge < -0.3 is 10.2 Å². The topological polar surface area (TPSA) is 35.6 Å². The van der Waals surface area contributed by atoms with Crippen LogP contribution in [0.3, 0.4) is 0 Å². The molecule has 1 unspecified atom stereocenters. The molecule has 1 amide bonds. The summed E-state index contributed by atoms with van der Waals surface area (Å²) in [6.07, 6.45) is 3.61. The van der Waals surface area contributed by atoms with Crippen LogP contribution in [0.25, 0.3) is 0 Å².